The SMILES string of the molecule is CCCn1c2nc(C3CCCC3)nc-2c2n(c1=O)CC(Cc1cccc(F)c1)N2.Cl. The zero-order valence-corrected chi connectivity index (χ0v) is 17.9. The monoisotopic (exact) mass is 431 g/mol. The maximum atomic E-state index is 13.6. The summed E-state index contributed by atoms with van der Waals surface area (Å²) in [5.74, 6) is 2.50. The van der Waals surface area contributed by atoms with Gasteiger partial charge in [0.2, 0.25) is 0 Å². The molecule has 1 fully saturated rings. The minimum Gasteiger partial charge on any atom is -0.365 e. The Labute approximate surface area is 181 Å². The molecule has 3 heterocycles. The third-order valence-electron chi connectivity index (χ3n) is 6.15. The molecular weight excluding hydrogens is 405 g/mol. The van der Waals surface area contributed by atoms with E-state index < -0.39 is 0 Å². The van der Waals surface area contributed by atoms with Gasteiger partial charge in [0.05, 0.1) is 0 Å². The number of halogens is 2. The number of nitrogens with zero attached hydrogens (tertiary/aromatic N) is 4. The number of anilines is 1. The molecule has 30 heavy (non-hydrogen) atoms. The van der Waals surface area contributed by atoms with Crippen molar-refractivity contribution in [2.45, 2.75) is 70.5 Å². The molecular formula is C22H27ClFN5O. The Balaban J connectivity index is 0.00000218. The molecule has 0 aromatic heterocycles. The summed E-state index contributed by atoms with van der Waals surface area (Å²) in [6.45, 7) is 3.25. The second-order valence-corrected chi connectivity index (χ2v) is 8.30. The smallest absolute Gasteiger partial charge is 0.331 e. The van der Waals surface area contributed by atoms with Gasteiger partial charge in [-0.15, -0.1) is 12.4 Å². The highest BCUT2D eigenvalue weighted by Crippen LogP contribution is 2.37. The fourth-order valence-corrected chi connectivity index (χ4v) is 4.79. The summed E-state index contributed by atoms with van der Waals surface area (Å²) >= 11 is 0. The molecule has 0 saturated heterocycles. The third kappa shape index (κ3) is 3.60. The second kappa shape index (κ2) is 8.38. The van der Waals surface area contributed by atoms with Gasteiger partial charge in [-0.05, 0) is 43.4 Å². The zero-order chi connectivity index (χ0) is 20.0. The van der Waals surface area contributed by atoms with Gasteiger partial charge in [0.15, 0.2) is 5.82 Å². The minimum atomic E-state index is -0.235. The number of fused-ring (bicyclic) bond motifs is 3. The Bertz CT molecular complexity index is 1070. The Morgan fingerprint density at radius 2 is 2.03 bits per heavy atom. The third-order valence-corrected chi connectivity index (χ3v) is 6.15. The number of rotatable bonds is 5. The molecule has 6 nitrogen and oxygen atoms in total. The molecule has 4 aliphatic rings. The molecule has 1 saturated carbocycles. The van der Waals surface area contributed by atoms with Gasteiger partial charge in [-0.1, -0.05) is 31.9 Å². The highest BCUT2D eigenvalue weighted by Gasteiger charge is 2.33. The quantitative estimate of drug-likeness (QED) is 0.657. The van der Waals surface area contributed by atoms with E-state index in [1.165, 1.54) is 18.9 Å². The van der Waals surface area contributed by atoms with Crippen LogP contribution >= 0.6 is 12.4 Å². The molecule has 3 aliphatic heterocycles. The molecule has 1 atom stereocenters. The van der Waals surface area contributed by atoms with Crippen molar-refractivity contribution in [3.05, 3.63) is 52.0 Å². The van der Waals surface area contributed by atoms with E-state index in [4.69, 9.17) is 9.97 Å². The van der Waals surface area contributed by atoms with Gasteiger partial charge in [0, 0.05) is 25.0 Å². The van der Waals surface area contributed by atoms with E-state index >= 15 is 0 Å². The normalized spacial score (nSPS) is 18.4. The lowest BCUT2D eigenvalue weighted by Gasteiger charge is -2.13. The van der Waals surface area contributed by atoms with E-state index in [2.05, 4.69) is 12.2 Å². The Morgan fingerprint density at radius 1 is 1.23 bits per heavy atom. The molecule has 5 rings (SSSR count). The Kier molecular flexibility index (Phi) is 5.82. The standard InChI is InChI=1S/C22H26FN5O.ClH/c1-2-10-27-21-18(25-19(26-21)15-7-3-4-8-15)20-24-17(13-28(20)22(27)29)12-14-6-5-9-16(23)11-14;/h5-6,9,11,15,17,24H,2-4,7-8,10,12-13H2,1H3;1H. The maximum absolute atomic E-state index is 13.6. The lowest BCUT2D eigenvalue weighted by molar-refractivity contribution is 0.559. The molecule has 8 heteroatoms. The predicted molar refractivity (Wildman–Crippen MR) is 117 cm³/mol. The van der Waals surface area contributed by atoms with E-state index in [1.54, 1.807) is 21.3 Å². The second-order valence-electron chi connectivity index (χ2n) is 8.30. The first-order valence-electron chi connectivity index (χ1n) is 10.7. The minimum absolute atomic E-state index is 0. The van der Waals surface area contributed by atoms with Crippen LogP contribution in [-0.2, 0) is 19.5 Å². The van der Waals surface area contributed by atoms with Gasteiger partial charge < -0.3 is 5.32 Å². The Morgan fingerprint density at radius 3 is 2.77 bits per heavy atom. The van der Waals surface area contributed by atoms with Crippen LogP contribution in [0.5, 0.6) is 0 Å². The summed E-state index contributed by atoms with van der Waals surface area (Å²) in [5, 5.41) is 3.48. The lowest BCUT2D eigenvalue weighted by Crippen LogP contribution is -2.32. The van der Waals surface area contributed by atoms with E-state index in [1.807, 2.05) is 6.07 Å². The van der Waals surface area contributed by atoms with E-state index in [-0.39, 0.29) is 30.0 Å². The molecule has 1 aliphatic carbocycles. The van der Waals surface area contributed by atoms with Crippen molar-refractivity contribution >= 4 is 18.2 Å². The number of aromatic nitrogens is 4. The van der Waals surface area contributed by atoms with Crippen LogP contribution in [0.4, 0.5) is 10.2 Å². The van der Waals surface area contributed by atoms with Crippen LogP contribution in [0.1, 0.15) is 56.3 Å². The Hall–Kier alpha value is -2.41. The first kappa shape index (κ1) is 20.8. The van der Waals surface area contributed by atoms with Crippen LogP contribution < -0.4 is 11.0 Å². The predicted octanol–water partition coefficient (Wildman–Crippen LogP) is 4.21. The van der Waals surface area contributed by atoms with Crippen LogP contribution in [0.15, 0.2) is 29.1 Å². The molecule has 0 spiro atoms. The van der Waals surface area contributed by atoms with Crippen molar-refractivity contribution in [3.8, 4) is 11.5 Å². The van der Waals surface area contributed by atoms with Crippen LogP contribution in [-0.4, -0.2) is 25.1 Å². The van der Waals surface area contributed by atoms with Crippen LogP contribution in [0.2, 0.25) is 0 Å². The van der Waals surface area contributed by atoms with Crippen molar-refractivity contribution in [3.63, 3.8) is 0 Å². The van der Waals surface area contributed by atoms with E-state index in [0.29, 0.717) is 31.3 Å². The highest BCUT2D eigenvalue weighted by atomic mass is 35.5. The summed E-state index contributed by atoms with van der Waals surface area (Å²) in [7, 11) is 0. The van der Waals surface area contributed by atoms with Crippen LogP contribution in [0.3, 0.4) is 0 Å². The topological polar surface area (TPSA) is 64.7 Å². The summed E-state index contributed by atoms with van der Waals surface area (Å²) in [6.07, 6.45) is 6.20. The molecule has 1 N–H and O–H groups in total. The first-order chi connectivity index (χ1) is 14.1. The number of imidazole rings is 1. The van der Waals surface area contributed by atoms with Gasteiger partial charge >= 0.3 is 5.69 Å². The average Bonchev–Trinajstić information content (AvgIpc) is 3.43. The number of nitrogens with one attached hydrogen (secondary N) is 1. The molecule has 1 aromatic rings. The molecule has 0 bridgehead atoms. The van der Waals surface area contributed by atoms with E-state index in [0.717, 1.165) is 42.2 Å². The van der Waals surface area contributed by atoms with Crippen LogP contribution in [0.25, 0.3) is 11.5 Å². The largest absolute Gasteiger partial charge is 0.365 e. The summed E-state index contributed by atoms with van der Waals surface area (Å²) in [4.78, 5) is 22.9. The molecule has 1 unspecified atom stereocenters. The van der Waals surface area contributed by atoms with Crippen molar-refractivity contribution in [1.82, 2.24) is 19.1 Å². The van der Waals surface area contributed by atoms with Crippen molar-refractivity contribution in [1.29, 1.82) is 0 Å². The van der Waals surface area contributed by atoms with Crippen molar-refractivity contribution in [2.24, 2.45) is 0 Å². The number of hydrogen-bond donors (Lipinski definition) is 1. The summed E-state index contributed by atoms with van der Waals surface area (Å²) in [5.41, 5.74) is 1.67. The fraction of sp³-hybridized carbons (Fsp3) is 0.500. The average molecular weight is 432 g/mol. The number of hydrogen-bond acceptors (Lipinski definition) is 4. The van der Waals surface area contributed by atoms with Gasteiger partial charge in [-0.3, -0.25) is 9.13 Å². The lowest BCUT2D eigenvalue weighted by atomic mass is 10.1. The molecule has 0 radical (unpaired) electrons. The van der Waals surface area contributed by atoms with Gasteiger partial charge in [0.25, 0.3) is 0 Å². The molecule has 1 aromatic carbocycles. The van der Waals surface area contributed by atoms with Crippen molar-refractivity contribution < 1.29 is 4.39 Å². The number of benzene rings is 1. The first-order valence-corrected chi connectivity index (χ1v) is 10.7. The zero-order valence-electron chi connectivity index (χ0n) is 17.1. The van der Waals surface area contributed by atoms with Crippen molar-refractivity contribution in [2.75, 3.05) is 5.32 Å². The van der Waals surface area contributed by atoms with E-state index in [9.17, 15) is 9.18 Å². The highest BCUT2D eigenvalue weighted by molar-refractivity contribution is 5.85. The molecule has 160 valence electrons. The van der Waals surface area contributed by atoms with Crippen LogP contribution in [0, 0.1) is 5.82 Å². The molecule has 0 amide bonds. The van der Waals surface area contributed by atoms with Gasteiger partial charge in [0.1, 0.15) is 23.2 Å². The fourth-order valence-electron chi connectivity index (χ4n) is 4.79. The van der Waals surface area contributed by atoms with Gasteiger partial charge in [-0.25, -0.2) is 19.2 Å². The summed E-state index contributed by atoms with van der Waals surface area (Å²) in [6, 6.07) is 6.68. The van der Waals surface area contributed by atoms with Gasteiger partial charge in [-0.2, -0.15) is 0 Å². The summed E-state index contributed by atoms with van der Waals surface area (Å²) < 4.78 is 17.1. The maximum Gasteiger partial charge on any atom is 0.331 e.